The number of para-hydroxylation sites is 1. The zero-order valence-electron chi connectivity index (χ0n) is 13.1. The molecule has 0 aliphatic rings. The number of rotatable bonds is 5. The molecule has 2 aromatic rings. The molecule has 0 spiro atoms. The van der Waals surface area contributed by atoms with Crippen LogP contribution in [0.5, 0.6) is 0 Å². The van der Waals surface area contributed by atoms with Crippen LogP contribution < -0.4 is 10.6 Å². The molecular formula is C18H18N2O3. The second kappa shape index (κ2) is 7.35. The molecule has 0 saturated heterocycles. The van der Waals surface area contributed by atoms with E-state index in [0.29, 0.717) is 16.9 Å². The van der Waals surface area contributed by atoms with Crippen LogP contribution in [0.2, 0.25) is 0 Å². The van der Waals surface area contributed by atoms with Crippen molar-refractivity contribution in [1.82, 2.24) is 0 Å². The smallest absolute Gasteiger partial charge is 0.233 e. The molecule has 0 aliphatic heterocycles. The molecular weight excluding hydrogens is 292 g/mol. The van der Waals surface area contributed by atoms with Gasteiger partial charge in [-0.3, -0.25) is 14.4 Å². The summed E-state index contributed by atoms with van der Waals surface area (Å²) in [5.74, 6) is -0.829. The second-order valence-corrected chi connectivity index (χ2v) is 5.22. The quantitative estimate of drug-likeness (QED) is 0.658. The lowest BCUT2D eigenvalue weighted by Crippen LogP contribution is -2.21. The van der Waals surface area contributed by atoms with Gasteiger partial charge in [0.2, 0.25) is 11.8 Å². The zero-order valence-corrected chi connectivity index (χ0v) is 13.1. The lowest BCUT2D eigenvalue weighted by Gasteiger charge is -2.09. The summed E-state index contributed by atoms with van der Waals surface area (Å²) in [4.78, 5) is 35.0. The summed E-state index contributed by atoms with van der Waals surface area (Å²) in [6, 6.07) is 13.9. The molecule has 2 amide bonds. The number of hydrogen-bond acceptors (Lipinski definition) is 3. The number of nitrogens with one attached hydrogen (secondary N) is 2. The van der Waals surface area contributed by atoms with Crippen molar-refractivity contribution in [2.75, 3.05) is 10.6 Å². The predicted octanol–water partition coefficient (Wildman–Crippen LogP) is 3.16. The Labute approximate surface area is 134 Å². The summed E-state index contributed by atoms with van der Waals surface area (Å²) >= 11 is 0. The first kappa shape index (κ1) is 16.4. The maximum atomic E-state index is 11.9. The highest BCUT2D eigenvalue weighted by Gasteiger charge is 2.11. The lowest BCUT2D eigenvalue weighted by molar-refractivity contribution is -0.123. The summed E-state index contributed by atoms with van der Waals surface area (Å²) in [5.41, 5.74) is 2.74. The van der Waals surface area contributed by atoms with Crippen molar-refractivity contribution in [3.8, 4) is 0 Å². The first-order chi connectivity index (χ1) is 11.0. The number of carbonyl (C=O) groups excluding carboxylic acids is 3. The summed E-state index contributed by atoms with van der Waals surface area (Å²) in [5, 5.41) is 5.33. The molecule has 0 atom stereocenters. The van der Waals surface area contributed by atoms with Gasteiger partial charge >= 0.3 is 0 Å². The van der Waals surface area contributed by atoms with Crippen LogP contribution in [-0.2, 0) is 9.59 Å². The third-order valence-corrected chi connectivity index (χ3v) is 3.32. The molecule has 2 aromatic carbocycles. The molecule has 0 aliphatic carbocycles. The Hall–Kier alpha value is -2.95. The molecule has 2 N–H and O–H groups in total. The third kappa shape index (κ3) is 4.78. The number of aryl methyl sites for hydroxylation is 1. The van der Waals surface area contributed by atoms with E-state index >= 15 is 0 Å². The van der Waals surface area contributed by atoms with Crippen LogP contribution in [0.25, 0.3) is 0 Å². The topological polar surface area (TPSA) is 75.3 Å². The number of Topliss-reactive ketones (excluding diaryl/α,β-unsaturated/α-hetero) is 1. The van der Waals surface area contributed by atoms with Crippen molar-refractivity contribution < 1.29 is 14.4 Å². The van der Waals surface area contributed by atoms with Crippen LogP contribution in [0.4, 0.5) is 11.4 Å². The van der Waals surface area contributed by atoms with Gasteiger partial charge in [-0.05, 0) is 49.7 Å². The van der Waals surface area contributed by atoms with E-state index in [2.05, 4.69) is 10.6 Å². The zero-order chi connectivity index (χ0) is 16.8. The molecule has 5 heteroatoms. The van der Waals surface area contributed by atoms with Gasteiger partial charge in [-0.1, -0.05) is 18.2 Å². The van der Waals surface area contributed by atoms with Gasteiger partial charge in [0.25, 0.3) is 0 Å². The van der Waals surface area contributed by atoms with E-state index in [0.717, 1.165) is 5.56 Å². The van der Waals surface area contributed by atoms with Gasteiger partial charge in [0.05, 0.1) is 0 Å². The van der Waals surface area contributed by atoms with Crippen molar-refractivity contribution in [3.63, 3.8) is 0 Å². The summed E-state index contributed by atoms with van der Waals surface area (Å²) in [7, 11) is 0. The normalized spacial score (nSPS) is 10.0. The minimum atomic E-state index is -0.411. The fraction of sp³-hybridized carbons (Fsp3) is 0.167. The fourth-order valence-electron chi connectivity index (χ4n) is 2.05. The van der Waals surface area contributed by atoms with Gasteiger partial charge in [-0.2, -0.15) is 0 Å². The monoisotopic (exact) mass is 310 g/mol. The minimum Gasteiger partial charge on any atom is -0.326 e. The molecule has 0 heterocycles. The molecule has 0 bridgehead atoms. The number of hydrogen-bond donors (Lipinski definition) is 2. The Morgan fingerprint density at radius 2 is 1.48 bits per heavy atom. The average molecular weight is 310 g/mol. The highest BCUT2D eigenvalue weighted by Crippen LogP contribution is 2.14. The van der Waals surface area contributed by atoms with Crippen LogP contribution in [0, 0.1) is 6.92 Å². The molecule has 0 fully saturated rings. The van der Waals surface area contributed by atoms with E-state index in [4.69, 9.17) is 0 Å². The predicted molar refractivity (Wildman–Crippen MR) is 89.5 cm³/mol. The number of ketones is 1. The average Bonchev–Trinajstić information content (AvgIpc) is 2.50. The number of carbonyl (C=O) groups is 3. The van der Waals surface area contributed by atoms with Gasteiger partial charge in [0, 0.05) is 16.9 Å². The Balaban J connectivity index is 1.90. The summed E-state index contributed by atoms with van der Waals surface area (Å²) in [6.07, 6.45) is -0.275. The molecule has 0 unspecified atom stereocenters. The van der Waals surface area contributed by atoms with Crippen LogP contribution in [-0.4, -0.2) is 17.6 Å². The van der Waals surface area contributed by atoms with Crippen LogP contribution in [0.15, 0.2) is 48.5 Å². The molecule has 118 valence electrons. The largest absolute Gasteiger partial charge is 0.326 e. The maximum absolute atomic E-state index is 11.9. The Kier molecular flexibility index (Phi) is 5.25. The van der Waals surface area contributed by atoms with E-state index in [1.807, 2.05) is 25.1 Å². The molecule has 0 aromatic heterocycles. The van der Waals surface area contributed by atoms with Crippen molar-refractivity contribution in [2.24, 2.45) is 0 Å². The van der Waals surface area contributed by atoms with E-state index in [1.165, 1.54) is 6.92 Å². The molecule has 0 radical (unpaired) electrons. The Bertz CT molecular complexity index is 736. The fourth-order valence-corrected chi connectivity index (χ4v) is 2.05. The van der Waals surface area contributed by atoms with Gasteiger partial charge in [0.1, 0.15) is 6.42 Å². The standard InChI is InChI=1S/C18H18N2O3/c1-12-5-3-4-6-16(12)20-18(23)11-17(22)19-15-9-7-14(8-10-15)13(2)21/h3-10H,11H2,1-2H3,(H,19,22)(H,20,23). The highest BCUT2D eigenvalue weighted by molar-refractivity contribution is 6.08. The molecule has 5 nitrogen and oxygen atoms in total. The van der Waals surface area contributed by atoms with Crippen molar-refractivity contribution in [3.05, 3.63) is 59.7 Å². The molecule has 23 heavy (non-hydrogen) atoms. The summed E-state index contributed by atoms with van der Waals surface area (Å²) < 4.78 is 0. The maximum Gasteiger partial charge on any atom is 0.233 e. The minimum absolute atomic E-state index is 0.0412. The summed E-state index contributed by atoms with van der Waals surface area (Å²) in [6.45, 7) is 3.36. The van der Waals surface area contributed by atoms with E-state index < -0.39 is 5.91 Å². The molecule has 2 rings (SSSR count). The van der Waals surface area contributed by atoms with Gasteiger partial charge < -0.3 is 10.6 Å². The Morgan fingerprint density at radius 3 is 2.09 bits per heavy atom. The van der Waals surface area contributed by atoms with Gasteiger partial charge in [-0.25, -0.2) is 0 Å². The number of benzene rings is 2. The number of amides is 2. The van der Waals surface area contributed by atoms with E-state index in [-0.39, 0.29) is 18.1 Å². The first-order valence-electron chi connectivity index (χ1n) is 7.22. The lowest BCUT2D eigenvalue weighted by atomic mass is 10.1. The van der Waals surface area contributed by atoms with Gasteiger partial charge in [-0.15, -0.1) is 0 Å². The van der Waals surface area contributed by atoms with Crippen molar-refractivity contribution in [2.45, 2.75) is 20.3 Å². The third-order valence-electron chi connectivity index (χ3n) is 3.32. The second-order valence-electron chi connectivity index (χ2n) is 5.22. The SMILES string of the molecule is CC(=O)c1ccc(NC(=O)CC(=O)Nc2ccccc2C)cc1. The number of anilines is 2. The van der Waals surface area contributed by atoms with E-state index in [1.54, 1.807) is 30.3 Å². The van der Waals surface area contributed by atoms with Crippen LogP contribution in [0.3, 0.4) is 0 Å². The Morgan fingerprint density at radius 1 is 0.870 bits per heavy atom. The van der Waals surface area contributed by atoms with Crippen molar-refractivity contribution in [1.29, 1.82) is 0 Å². The molecule has 0 saturated carbocycles. The van der Waals surface area contributed by atoms with Crippen LogP contribution in [0.1, 0.15) is 29.3 Å². The van der Waals surface area contributed by atoms with E-state index in [9.17, 15) is 14.4 Å². The van der Waals surface area contributed by atoms with Crippen molar-refractivity contribution >= 4 is 29.0 Å². The van der Waals surface area contributed by atoms with Gasteiger partial charge in [0.15, 0.2) is 5.78 Å². The highest BCUT2D eigenvalue weighted by atomic mass is 16.2. The first-order valence-corrected chi connectivity index (χ1v) is 7.22. The van der Waals surface area contributed by atoms with Crippen LogP contribution >= 0.6 is 0 Å².